The zero-order chi connectivity index (χ0) is 13.2. The summed E-state index contributed by atoms with van der Waals surface area (Å²) in [7, 11) is 0. The fourth-order valence-electron chi connectivity index (χ4n) is 2.41. The van der Waals surface area contributed by atoms with Crippen LogP contribution in [0.1, 0.15) is 6.42 Å². The van der Waals surface area contributed by atoms with Crippen molar-refractivity contribution in [1.82, 2.24) is 5.32 Å². The quantitative estimate of drug-likeness (QED) is 0.877. The van der Waals surface area contributed by atoms with Crippen LogP contribution < -0.4 is 10.2 Å². The summed E-state index contributed by atoms with van der Waals surface area (Å²) in [6.45, 7) is 4.97. The monoisotopic (exact) mass is 256 g/mol. The predicted molar refractivity (Wildman–Crippen MR) is 73.5 cm³/mol. The van der Waals surface area contributed by atoms with Crippen molar-refractivity contribution in [3.05, 3.63) is 54.4 Å². The maximum atomic E-state index is 11.9. The first-order valence-corrected chi connectivity index (χ1v) is 6.36. The van der Waals surface area contributed by atoms with Gasteiger partial charge in [-0.1, -0.05) is 24.8 Å². The molecule has 4 heteroatoms. The molecular formula is C15H16N2O2. The normalized spacial score (nSPS) is 23.3. The number of anilines is 1. The number of hydrogen-bond donors (Lipinski definition) is 1. The van der Waals surface area contributed by atoms with Crippen LogP contribution in [0.2, 0.25) is 0 Å². The van der Waals surface area contributed by atoms with Crippen molar-refractivity contribution in [2.24, 2.45) is 0 Å². The van der Waals surface area contributed by atoms with Gasteiger partial charge in [0.1, 0.15) is 0 Å². The van der Waals surface area contributed by atoms with Crippen LogP contribution in [0.5, 0.6) is 0 Å². The lowest BCUT2D eigenvalue weighted by Crippen LogP contribution is -2.43. The molecule has 0 aliphatic carbocycles. The lowest BCUT2D eigenvalue weighted by Gasteiger charge is -2.24. The molecule has 0 bridgehead atoms. The number of ether oxygens (including phenoxy) is 1. The van der Waals surface area contributed by atoms with Crippen LogP contribution in [0.4, 0.5) is 5.69 Å². The fourth-order valence-corrected chi connectivity index (χ4v) is 2.41. The summed E-state index contributed by atoms with van der Waals surface area (Å²) in [5.74, 6) is -0.114. The molecule has 19 heavy (non-hydrogen) atoms. The molecule has 0 spiro atoms. The number of nitrogens with one attached hydrogen (secondary N) is 1. The lowest BCUT2D eigenvalue weighted by molar-refractivity contribution is -0.132. The Morgan fingerprint density at radius 3 is 2.84 bits per heavy atom. The first kappa shape index (κ1) is 12.0. The molecule has 1 unspecified atom stereocenters. The Morgan fingerprint density at radius 1 is 1.32 bits per heavy atom. The van der Waals surface area contributed by atoms with Gasteiger partial charge in [0.25, 0.3) is 5.91 Å². The number of morpholine rings is 1. The predicted octanol–water partition coefficient (Wildman–Crippen LogP) is 1.81. The molecule has 4 nitrogen and oxygen atoms in total. The molecular weight excluding hydrogens is 240 g/mol. The summed E-state index contributed by atoms with van der Waals surface area (Å²) in [4.78, 5) is 14.0. The highest BCUT2D eigenvalue weighted by Crippen LogP contribution is 2.26. The van der Waals surface area contributed by atoms with E-state index in [1.807, 2.05) is 24.4 Å². The molecule has 1 N–H and O–H groups in total. The van der Waals surface area contributed by atoms with Gasteiger partial charge in [0.15, 0.2) is 6.10 Å². The number of para-hydroxylation sites is 1. The van der Waals surface area contributed by atoms with Crippen LogP contribution in [-0.4, -0.2) is 25.2 Å². The Bertz CT molecular complexity index is 536. The van der Waals surface area contributed by atoms with Gasteiger partial charge < -0.3 is 15.0 Å². The average molecular weight is 256 g/mol. The highest BCUT2D eigenvalue weighted by molar-refractivity contribution is 5.86. The minimum absolute atomic E-state index is 0.114. The standard InChI is InChI=1S/C15H16N2O2/c1-11-10-19-14(15(18)16-11)12-7-8-17(9-12)13-5-3-2-4-6-13/h2-6,9,14H,1,7-8,10H2,(H,16,18). The van der Waals surface area contributed by atoms with Crippen LogP contribution in [0.25, 0.3) is 0 Å². The van der Waals surface area contributed by atoms with E-state index in [2.05, 4.69) is 28.9 Å². The maximum Gasteiger partial charge on any atom is 0.257 e. The smallest absolute Gasteiger partial charge is 0.257 e. The molecule has 1 fully saturated rings. The largest absolute Gasteiger partial charge is 0.358 e. The molecule has 2 heterocycles. The fraction of sp³-hybridized carbons (Fsp3) is 0.267. The van der Waals surface area contributed by atoms with Crippen molar-refractivity contribution in [1.29, 1.82) is 0 Å². The number of rotatable bonds is 2. The SMILES string of the molecule is C=C1COC(C2=CN(c3ccccc3)CC2)C(=O)N1. The average Bonchev–Trinajstić information content (AvgIpc) is 2.89. The third-order valence-electron chi connectivity index (χ3n) is 3.35. The molecule has 1 aromatic rings. The summed E-state index contributed by atoms with van der Waals surface area (Å²) in [5, 5.41) is 2.74. The molecule has 1 aromatic carbocycles. The summed E-state index contributed by atoms with van der Waals surface area (Å²) < 4.78 is 5.56. The van der Waals surface area contributed by atoms with Gasteiger partial charge in [-0.25, -0.2) is 0 Å². The zero-order valence-corrected chi connectivity index (χ0v) is 10.6. The first-order chi connectivity index (χ1) is 9.24. The first-order valence-electron chi connectivity index (χ1n) is 6.36. The van der Waals surface area contributed by atoms with E-state index in [0.29, 0.717) is 12.3 Å². The van der Waals surface area contributed by atoms with Crippen molar-refractivity contribution < 1.29 is 9.53 Å². The molecule has 1 saturated heterocycles. The maximum absolute atomic E-state index is 11.9. The summed E-state index contributed by atoms with van der Waals surface area (Å²) >= 11 is 0. The van der Waals surface area contributed by atoms with Crippen molar-refractivity contribution in [3.8, 4) is 0 Å². The molecule has 2 aliphatic heterocycles. The molecule has 0 aromatic heterocycles. The second kappa shape index (κ2) is 4.90. The van der Waals surface area contributed by atoms with E-state index in [9.17, 15) is 4.79 Å². The molecule has 1 atom stereocenters. The summed E-state index contributed by atoms with van der Waals surface area (Å²) in [6.07, 6.45) is 2.40. The molecule has 1 amide bonds. The van der Waals surface area contributed by atoms with Crippen molar-refractivity contribution >= 4 is 11.6 Å². The Balaban J connectivity index is 1.76. The van der Waals surface area contributed by atoms with Gasteiger partial charge in [-0.2, -0.15) is 0 Å². The molecule has 98 valence electrons. The highest BCUT2D eigenvalue weighted by atomic mass is 16.5. The number of hydrogen-bond acceptors (Lipinski definition) is 3. The Hall–Kier alpha value is -2.07. The van der Waals surface area contributed by atoms with Gasteiger partial charge in [0.05, 0.1) is 6.61 Å². The van der Waals surface area contributed by atoms with Crippen LogP contribution in [-0.2, 0) is 9.53 Å². The van der Waals surface area contributed by atoms with Crippen molar-refractivity contribution in [2.75, 3.05) is 18.1 Å². The number of nitrogens with zero attached hydrogens (tertiary/aromatic N) is 1. The summed E-state index contributed by atoms with van der Waals surface area (Å²) in [6, 6.07) is 10.1. The molecule has 3 rings (SSSR count). The van der Waals surface area contributed by atoms with E-state index in [1.165, 1.54) is 0 Å². The van der Waals surface area contributed by atoms with E-state index < -0.39 is 6.10 Å². The minimum Gasteiger partial charge on any atom is -0.358 e. The van der Waals surface area contributed by atoms with E-state index in [-0.39, 0.29) is 5.91 Å². The van der Waals surface area contributed by atoms with Crippen LogP contribution >= 0.6 is 0 Å². The van der Waals surface area contributed by atoms with Crippen LogP contribution in [0, 0.1) is 0 Å². The number of carbonyl (C=O) groups excluding carboxylic acids is 1. The number of amides is 1. The zero-order valence-electron chi connectivity index (χ0n) is 10.6. The second-order valence-corrected chi connectivity index (χ2v) is 4.77. The van der Waals surface area contributed by atoms with Gasteiger partial charge >= 0.3 is 0 Å². The number of carbonyl (C=O) groups is 1. The van der Waals surface area contributed by atoms with Gasteiger partial charge in [-0.05, 0) is 24.1 Å². The summed E-state index contributed by atoms with van der Waals surface area (Å²) in [5.41, 5.74) is 2.78. The van der Waals surface area contributed by atoms with Gasteiger partial charge in [0, 0.05) is 24.1 Å². The molecule has 2 aliphatic rings. The Kier molecular flexibility index (Phi) is 3.09. The van der Waals surface area contributed by atoms with Crippen LogP contribution in [0.3, 0.4) is 0 Å². The van der Waals surface area contributed by atoms with Gasteiger partial charge in [0.2, 0.25) is 0 Å². The van der Waals surface area contributed by atoms with Crippen LogP contribution in [0.15, 0.2) is 54.4 Å². The van der Waals surface area contributed by atoms with Gasteiger partial charge in [-0.3, -0.25) is 4.79 Å². The molecule has 0 saturated carbocycles. The van der Waals surface area contributed by atoms with Crippen molar-refractivity contribution in [2.45, 2.75) is 12.5 Å². The Labute approximate surface area is 112 Å². The van der Waals surface area contributed by atoms with E-state index >= 15 is 0 Å². The van der Waals surface area contributed by atoms with E-state index in [0.717, 1.165) is 24.2 Å². The number of benzene rings is 1. The second-order valence-electron chi connectivity index (χ2n) is 4.77. The third-order valence-corrected chi connectivity index (χ3v) is 3.35. The topological polar surface area (TPSA) is 41.6 Å². The van der Waals surface area contributed by atoms with Crippen molar-refractivity contribution in [3.63, 3.8) is 0 Å². The molecule has 0 radical (unpaired) electrons. The Morgan fingerprint density at radius 2 is 2.11 bits per heavy atom. The van der Waals surface area contributed by atoms with E-state index in [1.54, 1.807) is 0 Å². The highest BCUT2D eigenvalue weighted by Gasteiger charge is 2.31. The lowest BCUT2D eigenvalue weighted by atomic mass is 10.1. The third kappa shape index (κ3) is 2.39. The van der Waals surface area contributed by atoms with Gasteiger partial charge in [-0.15, -0.1) is 0 Å². The minimum atomic E-state index is -0.473. The van der Waals surface area contributed by atoms with E-state index in [4.69, 9.17) is 4.74 Å².